The third-order valence-electron chi connectivity index (χ3n) is 3.40. The highest BCUT2D eigenvalue weighted by Gasteiger charge is 2.31. The van der Waals surface area contributed by atoms with Gasteiger partial charge >= 0.3 is 0 Å². The number of aliphatic hydroxyl groups is 1. The Kier molecular flexibility index (Phi) is 3.59. The Morgan fingerprint density at radius 1 is 1.24 bits per heavy atom. The number of primary amides is 1. The molecular weight excluding hydrogens is 288 g/mol. The standard InChI is InChI=1S/C15H14N2O3S/c16-14(19)11-5-6-12-13(7-11)21-15(17(12)20)10-3-1-9(8-18)2-4-10/h1-7,15,18,20H,8H2,(H2,16,19). The number of hydroxylamine groups is 1. The highest BCUT2D eigenvalue weighted by molar-refractivity contribution is 8.00. The van der Waals surface area contributed by atoms with E-state index in [-0.39, 0.29) is 12.0 Å². The lowest BCUT2D eigenvalue weighted by Gasteiger charge is -2.19. The fourth-order valence-corrected chi connectivity index (χ4v) is 3.47. The first-order valence-corrected chi connectivity index (χ1v) is 7.26. The number of benzene rings is 2. The van der Waals surface area contributed by atoms with Gasteiger partial charge in [-0.3, -0.25) is 10.0 Å². The summed E-state index contributed by atoms with van der Waals surface area (Å²) in [6.45, 7) is -0.0108. The smallest absolute Gasteiger partial charge is 0.248 e. The number of carbonyl (C=O) groups is 1. The van der Waals surface area contributed by atoms with Crippen LogP contribution in [0.3, 0.4) is 0 Å². The molecule has 1 heterocycles. The molecule has 5 nitrogen and oxygen atoms in total. The van der Waals surface area contributed by atoms with Gasteiger partial charge in [-0.1, -0.05) is 36.0 Å². The largest absolute Gasteiger partial charge is 0.392 e. The van der Waals surface area contributed by atoms with E-state index in [9.17, 15) is 10.0 Å². The molecule has 108 valence electrons. The molecule has 0 aliphatic carbocycles. The topological polar surface area (TPSA) is 86.8 Å². The molecule has 2 aromatic rings. The first kappa shape index (κ1) is 13.9. The first-order chi connectivity index (χ1) is 10.1. The maximum atomic E-state index is 11.2. The van der Waals surface area contributed by atoms with E-state index in [0.717, 1.165) is 16.0 Å². The molecule has 0 aromatic heterocycles. The van der Waals surface area contributed by atoms with E-state index in [1.165, 1.54) is 16.8 Å². The summed E-state index contributed by atoms with van der Waals surface area (Å²) in [4.78, 5) is 12.0. The van der Waals surface area contributed by atoms with Crippen molar-refractivity contribution in [1.82, 2.24) is 0 Å². The fourth-order valence-electron chi connectivity index (χ4n) is 2.24. The van der Waals surface area contributed by atoms with Crippen molar-refractivity contribution < 1.29 is 15.1 Å². The zero-order valence-corrected chi connectivity index (χ0v) is 11.9. The zero-order valence-electron chi connectivity index (χ0n) is 11.1. The van der Waals surface area contributed by atoms with Crippen molar-refractivity contribution in [1.29, 1.82) is 0 Å². The van der Waals surface area contributed by atoms with Gasteiger partial charge in [0.2, 0.25) is 5.91 Å². The zero-order chi connectivity index (χ0) is 15.0. The predicted molar refractivity (Wildman–Crippen MR) is 80.2 cm³/mol. The Morgan fingerprint density at radius 3 is 2.57 bits per heavy atom. The van der Waals surface area contributed by atoms with Gasteiger partial charge in [-0.05, 0) is 29.3 Å². The molecule has 0 saturated carbocycles. The Morgan fingerprint density at radius 2 is 1.95 bits per heavy atom. The average molecular weight is 302 g/mol. The van der Waals surface area contributed by atoms with Gasteiger partial charge in [0.1, 0.15) is 5.37 Å². The van der Waals surface area contributed by atoms with Gasteiger partial charge in [0.25, 0.3) is 0 Å². The molecule has 4 N–H and O–H groups in total. The molecule has 1 aliphatic heterocycles. The maximum absolute atomic E-state index is 11.2. The van der Waals surface area contributed by atoms with Crippen LogP contribution >= 0.6 is 11.8 Å². The van der Waals surface area contributed by atoms with Crippen molar-refractivity contribution in [2.24, 2.45) is 5.73 Å². The molecule has 0 spiro atoms. The summed E-state index contributed by atoms with van der Waals surface area (Å²) < 4.78 is 0. The molecule has 1 aliphatic rings. The number of rotatable bonds is 3. The number of carbonyl (C=O) groups excluding carboxylic acids is 1. The van der Waals surface area contributed by atoms with Crippen LogP contribution in [0.1, 0.15) is 26.9 Å². The summed E-state index contributed by atoms with van der Waals surface area (Å²) in [5, 5.41) is 20.3. The number of nitrogens with zero attached hydrogens (tertiary/aromatic N) is 1. The van der Waals surface area contributed by atoms with Crippen LogP contribution in [-0.4, -0.2) is 16.2 Å². The van der Waals surface area contributed by atoms with Crippen LogP contribution < -0.4 is 10.8 Å². The van der Waals surface area contributed by atoms with Gasteiger partial charge in [0, 0.05) is 10.5 Å². The van der Waals surface area contributed by atoms with E-state index < -0.39 is 5.91 Å². The predicted octanol–water partition coefficient (Wildman–Crippen LogP) is 2.28. The van der Waals surface area contributed by atoms with Crippen molar-refractivity contribution in [3.8, 4) is 0 Å². The summed E-state index contributed by atoms with van der Waals surface area (Å²) in [5.41, 5.74) is 8.08. The lowest BCUT2D eigenvalue weighted by Crippen LogP contribution is -2.18. The first-order valence-electron chi connectivity index (χ1n) is 6.38. The quantitative estimate of drug-likeness (QED) is 0.809. The second-order valence-corrected chi connectivity index (χ2v) is 5.88. The monoisotopic (exact) mass is 302 g/mol. The second-order valence-electron chi connectivity index (χ2n) is 4.76. The molecule has 1 amide bonds. The van der Waals surface area contributed by atoms with Crippen molar-refractivity contribution in [2.45, 2.75) is 16.9 Å². The van der Waals surface area contributed by atoms with E-state index in [1.54, 1.807) is 18.2 Å². The van der Waals surface area contributed by atoms with E-state index in [2.05, 4.69) is 0 Å². The van der Waals surface area contributed by atoms with E-state index in [1.807, 2.05) is 24.3 Å². The number of hydrogen-bond acceptors (Lipinski definition) is 5. The SMILES string of the molecule is NC(=O)c1ccc2c(c1)SC(c1ccc(CO)cc1)N2O. The Bertz CT molecular complexity index is 688. The summed E-state index contributed by atoms with van der Waals surface area (Å²) in [6.07, 6.45) is 0. The van der Waals surface area contributed by atoms with Crippen molar-refractivity contribution in [3.05, 3.63) is 59.2 Å². The summed E-state index contributed by atoms with van der Waals surface area (Å²) in [7, 11) is 0. The minimum absolute atomic E-state index is 0.0108. The fraction of sp³-hybridized carbons (Fsp3) is 0.133. The van der Waals surface area contributed by atoms with E-state index in [4.69, 9.17) is 10.8 Å². The maximum Gasteiger partial charge on any atom is 0.248 e. The number of thioether (sulfide) groups is 1. The molecular formula is C15H14N2O3S. The molecule has 3 rings (SSSR count). The highest BCUT2D eigenvalue weighted by Crippen LogP contribution is 2.50. The van der Waals surface area contributed by atoms with Gasteiger partial charge < -0.3 is 10.8 Å². The van der Waals surface area contributed by atoms with Crippen molar-refractivity contribution >= 4 is 23.4 Å². The lowest BCUT2D eigenvalue weighted by molar-refractivity contribution is 0.1000. The molecule has 1 unspecified atom stereocenters. The van der Waals surface area contributed by atoms with Crippen LogP contribution in [0.5, 0.6) is 0 Å². The van der Waals surface area contributed by atoms with E-state index >= 15 is 0 Å². The summed E-state index contributed by atoms with van der Waals surface area (Å²) in [5.74, 6) is -0.487. The normalized spacial score (nSPS) is 16.9. The number of nitrogens with two attached hydrogens (primary N) is 1. The molecule has 1 atom stereocenters. The van der Waals surface area contributed by atoms with Gasteiger partial charge in [-0.15, -0.1) is 0 Å². The number of anilines is 1. The molecule has 6 heteroatoms. The van der Waals surface area contributed by atoms with Crippen LogP contribution in [0.2, 0.25) is 0 Å². The van der Waals surface area contributed by atoms with Gasteiger partial charge in [-0.2, -0.15) is 0 Å². The number of aliphatic hydroxyl groups excluding tert-OH is 1. The molecule has 21 heavy (non-hydrogen) atoms. The van der Waals surface area contributed by atoms with E-state index in [0.29, 0.717) is 11.3 Å². The van der Waals surface area contributed by atoms with Crippen LogP contribution in [-0.2, 0) is 6.61 Å². The Balaban J connectivity index is 1.91. The Labute approximate surface area is 126 Å². The molecule has 0 radical (unpaired) electrons. The molecule has 2 aromatic carbocycles. The number of fused-ring (bicyclic) bond motifs is 1. The van der Waals surface area contributed by atoms with Gasteiger partial charge in [0.15, 0.2) is 0 Å². The van der Waals surface area contributed by atoms with Crippen molar-refractivity contribution in [2.75, 3.05) is 5.06 Å². The van der Waals surface area contributed by atoms with Crippen LogP contribution in [0, 0.1) is 0 Å². The van der Waals surface area contributed by atoms with Crippen LogP contribution in [0.4, 0.5) is 5.69 Å². The van der Waals surface area contributed by atoms with Gasteiger partial charge in [-0.25, -0.2) is 5.06 Å². The van der Waals surface area contributed by atoms with Crippen LogP contribution in [0.15, 0.2) is 47.4 Å². The molecule has 0 saturated heterocycles. The third-order valence-corrected chi connectivity index (χ3v) is 4.68. The Hall–Kier alpha value is -2.02. The molecule has 0 fully saturated rings. The minimum atomic E-state index is -0.487. The average Bonchev–Trinajstić information content (AvgIpc) is 2.84. The van der Waals surface area contributed by atoms with Gasteiger partial charge in [0.05, 0.1) is 12.3 Å². The lowest BCUT2D eigenvalue weighted by atomic mass is 10.1. The number of amides is 1. The van der Waals surface area contributed by atoms with Crippen LogP contribution in [0.25, 0.3) is 0 Å². The highest BCUT2D eigenvalue weighted by atomic mass is 32.2. The second kappa shape index (κ2) is 5.40. The van der Waals surface area contributed by atoms with Crippen molar-refractivity contribution in [3.63, 3.8) is 0 Å². The summed E-state index contributed by atoms with van der Waals surface area (Å²) >= 11 is 1.45. The third kappa shape index (κ3) is 2.49. The summed E-state index contributed by atoms with van der Waals surface area (Å²) in [6, 6.07) is 12.4. The molecule has 0 bridgehead atoms. The number of hydrogen-bond donors (Lipinski definition) is 3. The minimum Gasteiger partial charge on any atom is -0.392 e.